The Balaban J connectivity index is -0.000000206. The normalized spacial score (nSPS) is 17.4. The average Bonchev–Trinajstić information content (AvgIpc) is 3.46. The molecule has 0 aromatic heterocycles. The third-order valence-corrected chi connectivity index (χ3v) is 4.02. The van der Waals surface area contributed by atoms with Crippen LogP contribution in [0.15, 0.2) is 0 Å². The van der Waals surface area contributed by atoms with Crippen molar-refractivity contribution in [1.29, 1.82) is 0 Å². The van der Waals surface area contributed by atoms with Gasteiger partial charge in [0.2, 0.25) is 0 Å². The lowest BCUT2D eigenvalue weighted by atomic mass is 10.3. The molecular formula is C22H45NO17. The SMILES string of the molecule is CCC(OC)OC.CCC1OC[C@H](C(=O)OC)O1.COC(=O)[C@H](O)CO.N[C@H](CO)C(=O)O.O=C(O)[C@H](O)CO. The minimum atomic E-state index is -1.63. The number of rotatable bonds is 11. The van der Waals surface area contributed by atoms with E-state index in [1.165, 1.54) is 7.11 Å². The van der Waals surface area contributed by atoms with Gasteiger partial charge in [-0.05, 0) is 12.8 Å². The van der Waals surface area contributed by atoms with Crippen LogP contribution in [-0.2, 0) is 47.6 Å². The Labute approximate surface area is 232 Å². The third kappa shape index (κ3) is 25.7. The van der Waals surface area contributed by atoms with Crippen molar-refractivity contribution in [2.24, 2.45) is 5.73 Å². The van der Waals surface area contributed by atoms with Gasteiger partial charge in [-0.3, -0.25) is 4.79 Å². The van der Waals surface area contributed by atoms with Crippen LogP contribution in [0.25, 0.3) is 0 Å². The first-order valence-electron chi connectivity index (χ1n) is 11.6. The number of nitrogens with two attached hydrogens (primary N) is 1. The molecule has 0 spiro atoms. The molecule has 0 aromatic carbocycles. The van der Waals surface area contributed by atoms with Gasteiger partial charge in [0.25, 0.3) is 0 Å². The maximum atomic E-state index is 10.8. The second-order valence-electron chi connectivity index (χ2n) is 7.01. The zero-order chi connectivity index (χ0) is 32.3. The van der Waals surface area contributed by atoms with Gasteiger partial charge in [0.05, 0.1) is 40.6 Å². The first-order chi connectivity index (χ1) is 18.7. The lowest BCUT2D eigenvalue weighted by Gasteiger charge is -2.08. The molecule has 1 saturated heterocycles. The van der Waals surface area contributed by atoms with Gasteiger partial charge < -0.3 is 69.9 Å². The fourth-order valence-corrected chi connectivity index (χ4v) is 1.72. The molecule has 5 atom stereocenters. The van der Waals surface area contributed by atoms with Crippen LogP contribution in [0, 0.1) is 0 Å². The molecule has 0 aliphatic carbocycles. The van der Waals surface area contributed by atoms with E-state index in [1.54, 1.807) is 14.2 Å². The number of carbonyl (C=O) groups excluding carboxylic acids is 2. The maximum absolute atomic E-state index is 10.8. The summed E-state index contributed by atoms with van der Waals surface area (Å²) in [5.41, 5.74) is 4.77. The Bertz CT molecular complexity index is 621. The quantitative estimate of drug-likeness (QED) is 0.0854. The number of methoxy groups -OCH3 is 4. The molecule has 0 amide bonds. The van der Waals surface area contributed by atoms with Crippen LogP contribution in [0.4, 0.5) is 0 Å². The molecule has 0 bridgehead atoms. The Kier molecular flexibility index (Phi) is 32.8. The summed E-state index contributed by atoms with van der Waals surface area (Å²) < 4.78 is 28.5. The summed E-state index contributed by atoms with van der Waals surface area (Å²) in [6, 6.07) is -1.13. The topological polar surface area (TPSA) is 291 Å². The molecule has 1 aliphatic rings. The Morgan fingerprint density at radius 3 is 1.50 bits per heavy atom. The van der Waals surface area contributed by atoms with E-state index in [2.05, 4.69) is 9.47 Å². The number of esters is 2. The number of hydrogen-bond acceptors (Lipinski definition) is 16. The molecule has 18 nitrogen and oxygen atoms in total. The summed E-state index contributed by atoms with van der Waals surface area (Å²) in [5, 5.41) is 56.1. The van der Waals surface area contributed by atoms with Crippen LogP contribution < -0.4 is 5.73 Å². The minimum Gasteiger partial charge on any atom is -0.480 e. The molecule has 0 radical (unpaired) electrons. The van der Waals surface area contributed by atoms with Crippen molar-refractivity contribution in [2.75, 3.05) is 54.9 Å². The van der Waals surface area contributed by atoms with Crippen molar-refractivity contribution in [2.45, 2.75) is 63.6 Å². The van der Waals surface area contributed by atoms with E-state index in [9.17, 15) is 19.2 Å². The Morgan fingerprint density at radius 2 is 1.35 bits per heavy atom. The van der Waals surface area contributed by atoms with Crippen LogP contribution in [0.2, 0.25) is 0 Å². The summed E-state index contributed by atoms with van der Waals surface area (Å²) in [6.45, 7) is 2.44. The van der Waals surface area contributed by atoms with Crippen molar-refractivity contribution in [3.05, 3.63) is 0 Å². The van der Waals surface area contributed by atoms with Gasteiger partial charge in [0.15, 0.2) is 30.9 Å². The zero-order valence-corrected chi connectivity index (χ0v) is 23.5. The molecule has 1 unspecified atom stereocenters. The van der Waals surface area contributed by atoms with Gasteiger partial charge in [0.1, 0.15) is 6.04 Å². The lowest BCUT2D eigenvalue weighted by Crippen LogP contribution is -2.33. The van der Waals surface area contributed by atoms with Crippen molar-refractivity contribution in [3.63, 3.8) is 0 Å². The highest BCUT2D eigenvalue weighted by Crippen LogP contribution is 2.14. The summed E-state index contributed by atoms with van der Waals surface area (Å²) in [7, 11) is 5.75. The average molecular weight is 596 g/mol. The molecule has 240 valence electrons. The predicted molar refractivity (Wildman–Crippen MR) is 134 cm³/mol. The summed E-state index contributed by atoms with van der Waals surface area (Å²) in [6.07, 6.45) is -2.12. The summed E-state index contributed by atoms with van der Waals surface area (Å²) >= 11 is 0. The first kappa shape index (κ1) is 44.5. The first-order valence-corrected chi connectivity index (χ1v) is 11.6. The summed E-state index contributed by atoms with van der Waals surface area (Å²) in [4.78, 5) is 40.1. The Morgan fingerprint density at radius 1 is 0.850 bits per heavy atom. The fraction of sp³-hybridized carbons (Fsp3) is 0.818. The minimum absolute atomic E-state index is 0.0139. The van der Waals surface area contributed by atoms with Gasteiger partial charge in [0, 0.05) is 14.2 Å². The molecule has 1 aliphatic heterocycles. The monoisotopic (exact) mass is 595 g/mol. The van der Waals surface area contributed by atoms with E-state index in [0.717, 1.165) is 20.0 Å². The highest BCUT2D eigenvalue weighted by Gasteiger charge is 2.31. The van der Waals surface area contributed by atoms with Crippen molar-refractivity contribution in [1.82, 2.24) is 0 Å². The van der Waals surface area contributed by atoms with Gasteiger partial charge >= 0.3 is 23.9 Å². The lowest BCUT2D eigenvalue weighted by molar-refractivity contribution is -0.154. The van der Waals surface area contributed by atoms with Gasteiger partial charge in [-0.15, -0.1) is 0 Å². The number of hydrogen-bond donors (Lipinski definition) is 8. The van der Waals surface area contributed by atoms with Crippen LogP contribution in [-0.4, -0.2) is 151 Å². The molecule has 1 rings (SSSR count). The van der Waals surface area contributed by atoms with Crippen LogP contribution in [0.5, 0.6) is 0 Å². The number of aliphatic carboxylic acids is 2. The Hall–Kier alpha value is -2.52. The van der Waals surface area contributed by atoms with E-state index in [4.69, 9.17) is 60.4 Å². The predicted octanol–water partition coefficient (Wildman–Crippen LogP) is -3.35. The van der Waals surface area contributed by atoms with Crippen LogP contribution in [0.1, 0.15) is 26.7 Å². The highest BCUT2D eigenvalue weighted by molar-refractivity contribution is 5.75. The number of carboxylic acid groups (broad SMARTS) is 2. The standard InChI is InChI=1S/C7H12O4.C5H12O2.C4H8O4.C3H7NO3.C3H6O4/c1-3-6-10-4-5(11-6)7(8)9-2;1-4-5(6-2)7-3;1-8-4(7)3(6)2-5;4-2(1-5)3(6)7;4-1-2(5)3(6)7/h5-6H,3-4H2,1-2H3;5H,4H2,1-3H3;3,5-6H,2H2,1H3;2,5H,1,4H2,(H,6,7);2,4-5H,1H2,(H,6,7)/t5-,6?;;3-;2*2-/m1.111/s1. The van der Waals surface area contributed by atoms with Gasteiger partial charge in [-0.2, -0.15) is 0 Å². The second-order valence-corrected chi connectivity index (χ2v) is 7.01. The van der Waals surface area contributed by atoms with Crippen molar-refractivity contribution < 1.29 is 83.3 Å². The molecule has 0 saturated carbocycles. The third-order valence-electron chi connectivity index (χ3n) is 4.02. The largest absolute Gasteiger partial charge is 0.480 e. The zero-order valence-electron chi connectivity index (χ0n) is 23.5. The van der Waals surface area contributed by atoms with E-state index in [0.29, 0.717) is 6.61 Å². The van der Waals surface area contributed by atoms with Gasteiger partial charge in [-0.1, -0.05) is 13.8 Å². The number of aliphatic hydroxyl groups excluding tert-OH is 5. The fourth-order valence-electron chi connectivity index (χ4n) is 1.72. The molecule has 9 N–H and O–H groups in total. The smallest absolute Gasteiger partial charge is 0.337 e. The number of aliphatic hydroxyl groups is 5. The highest BCUT2D eigenvalue weighted by atomic mass is 16.7. The van der Waals surface area contributed by atoms with E-state index >= 15 is 0 Å². The number of carbonyl (C=O) groups is 4. The molecule has 1 fully saturated rings. The van der Waals surface area contributed by atoms with E-state index in [-0.39, 0.29) is 18.5 Å². The second kappa shape index (κ2) is 29.5. The van der Waals surface area contributed by atoms with E-state index < -0.39 is 62.1 Å². The van der Waals surface area contributed by atoms with Crippen LogP contribution >= 0.6 is 0 Å². The van der Waals surface area contributed by atoms with Crippen molar-refractivity contribution in [3.8, 4) is 0 Å². The van der Waals surface area contributed by atoms with Crippen LogP contribution in [0.3, 0.4) is 0 Å². The van der Waals surface area contributed by atoms with E-state index in [1.807, 2.05) is 13.8 Å². The molecule has 1 heterocycles. The number of carboxylic acids is 2. The summed E-state index contributed by atoms with van der Waals surface area (Å²) in [5.74, 6) is -3.75. The maximum Gasteiger partial charge on any atom is 0.337 e. The molecule has 0 aromatic rings. The molecular weight excluding hydrogens is 550 g/mol. The van der Waals surface area contributed by atoms with Gasteiger partial charge in [-0.25, -0.2) is 14.4 Å². The van der Waals surface area contributed by atoms with Crippen molar-refractivity contribution >= 4 is 23.9 Å². The molecule has 40 heavy (non-hydrogen) atoms. The molecule has 18 heteroatoms. The number of ether oxygens (including phenoxy) is 6.